The zero-order valence-corrected chi connectivity index (χ0v) is 17.8. The Morgan fingerprint density at radius 2 is 1.89 bits per heavy atom. The van der Waals surface area contributed by atoms with Crippen LogP contribution in [0.25, 0.3) is 5.69 Å². The zero-order chi connectivity index (χ0) is 24.9. The minimum atomic E-state index is -0.936. The fourth-order valence-electron chi connectivity index (χ4n) is 3.18. The van der Waals surface area contributed by atoms with Crippen LogP contribution in [0.1, 0.15) is 10.4 Å². The smallest absolute Gasteiger partial charge is 0.333 e. The Bertz CT molecular complexity index is 1520. The molecule has 0 aliphatic carbocycles. The molecule has 0 atom stereocenters. The molecular weight excluding hydrogens is 460 g/mol. The van der Waals surface area contributed by atoms with Gasteiger partial charge in [-0.05, 0) is 54.6 Å². The Labute approximate surface area is 196 Å². The van der Waals surface area contributed by atoms with Crippen molar-refractivity contribution in [2.75, 3.05) is 5.32 Å². The maximum atomic E-state index is 14.7. The molecule has 1 aliphatic rings. The van der Waals surface area contributed by atoms with Crippen molar-refractivity contribution in [2.45, 2.75) is 0 Å². The first-order valence-electron chi connectivity index (χ1n) is 10.1. The Balaban J connectivity index is 1.57. The van der Waals surface area contributed by atoms with E-state index in [9.17, 15) is 23.2 Å². The first-order chi connectivity index (χ1) is 16.9. The molecule has 2 aromatic carbocycles. The van der Waals surface area contributed by atoms with Crippen LogP contribution < -0.4 is 26.6 Å². The molecule has 4 rings (SSSR count). The molecule has 0 radical (unpaired) electrons. The van der Waals surface area contributed by atoms with Gasteiger partial charge in [-0.3, -0.25) is 9.59 Å². The molecule has 1 aliphatic heterocycles. The van der Waals surface area contributed by atoms with Crippen molar-refractivity contribution in [3.63, 3.8) is 0 Å². The van der Waals surface area contributed by atoms with Crippen molar-refractivity contribution in [2.24, 2.45) is 0 Å². The highest BCUT2D eigenvalue weighted by Crippen LogP contribution is 2.25. The number of amides is 1. The summed E-state index contributed by atoms with van der Waals surface area (Å²) in [7, 11) is 0. The molecule has 0 saturated heterocycles. The number of nitrogens with zero attached hydrogens (tertiary/aromatic N) is 1. The van der Waals surface area contributed by atoms with E-state index in [2.05, 4.69) is 15.6 Å². The number of aromatic nitrogens is 2. The largest absolute Gasteiger partial charge is 0.452 e. The molecule has 0 unspecified atom stereocenters. The number of hydrogen-bond acceptors (Lipinski definition) is 6. The number of allylic oxidation sites excluding steroid dienone is 3. The number of anilines is 1. The van der Waals surface area contributed by atoms with Crippen LogP contribution in [0.4, 0.5) is 14.5 Å². The van der Waals surface area contributed by atoms with Gasteiger partial charge in [-0.25, -0.2) is 18.1 Å². The SMILES string of the molecule is N=C/C=C1\NC=CC=C1Oc1ccc(NC(=O)c2c[nH]c(=O)n(-c3ccc(F)cc3)c2=O)cc1F. The van der Waals surface area contributed by atoms with Crippen LogP contribution >= 0.6 is 0 Å². The molecule has 11 heteroatoms. The van der Waals surface area contributed by atoms with Gasteiger partial charge in [0.1, 0.15) is 11.4 Å². The molecule has 176 valence electrons. The van der Waals surface area contributed by atoms with Gasteiger partial charge in [0.05, 0.1) is 11.4 Å². The van der Waals surface area contributed by atoms with Gasteiger partial charge in [-0.15, -0.1) is 0 Å². The minimum Gasteiger partial charge on any atom is -0.452 e. The van der Waals surface area contributed by atoms with Gasteiger partial charge in [-0.1, -0.05) is 0 Å². The molecule has 4 N–H and O–H groups in total. The summed E-state index contributed by atoms with van der Waals surface area (Å²) in [6.07, 6.45) is 8.29. The Kier molecular flexibility index (Phi) is 6.49. The summed E-state index contributed by atoms with van der Waals surface area (Å²) in [6.45, 7) is 0. The van der Waals surface area contributed by atoms with Gasteiger partial charge in [0.15, 0.2) is 17.3 Å². The third-order valence-corrected chi connectivity index (χ3v) is 4.81. The Morgan fingerprint density at radius 3 is 2.60 bits per heavy atom. The number of rotatable bonds is 6. The van der Waals surface area contributed by atoms with Gasteiger partial charge < -0.3 is 25.8 Å². The van der Waals surface area contributed by atoms with Gasteiger partial charge in [0.2, 0.25) is 0 Å². The highest BCUT2D eigenvalue weighted by molar-refractivity contribution is 6.03. The monoisotopic (exact) mass is 477 g/mol. The zero-order valence-electron chi connectivity index (χ0n) is 17.8. The lowest BCUT2D eigenvalue weighted by Gasteiger charge is -2.16. The number of halogens is 2. The van der Waals surface area contributed by atoms with E-state index in [1.165, 1.54) is 30.3 Å². The topological polar surface area (TPSA) is 129 Å². The standard InChI is InChI=1S/C24H17F2N5O4/c25-14-3-6-16(7-4-14)31-23(33)17(13-29-24(31)34)22(32)30-15-5-8-20(18(26)12-15)35-21-2-1-11-28-19(21)9-10-27/h1-13,27-28H,(H,29,34)(H,30,32)/b19-9-,27-10?. The molecule has 2 heterocycles. The van der Waals surface area contributed by atoms with E-state index in [4.69, 9.17) is 10.1 Å². The van der Waals surface area contributed by atoms with Crippen molar-refractivity contribution >= 4 is 17.8 Å². The second-order valence-corrected chi connectivity index (χ2v) is 7.11. The first kappa shape index (κ1) is 23.1. The van der Waals surface area contributed by atoms with Crippen molar-refractivity contribution in [1.29, 1.82) is 5.41 Å². The number of H-pyrrole nitrogens is 1. The number of benzene rings is 2. The van der Waals surface area contributed by atoms with E-state index in [0.717, 1.165) is 30.6 Å². The molecule has 0 spiro atoms. The van der Waals surface area contributed by atoms with Crippen LogP contribution in [0.5, 0.6) is 5.75 Å². The minimum absolute atomic E-state index is 0.0321. The lowest BCUT2D eigenvalue weighted by atomic mass is 10.2. The number of carbonyl (C=O) groups excluding carboxylic acids is 1. The Morgan fingerprint density at radius 1 is 1.11 bits per heavy atom. The van der Waals surface area contributed by atoms with Crippen molar-refractivity contribution in [1.82, 2.24) is 14.9 Å². The molecule has 0 saturated carbocycles. The van der Waals surface area contributed by atoms with Gasteiger partial charge in [0, 0.05) is 30.4 Å². The maximum Gasteiger partial charge on any atom is 0.333 e. The van der Waals surface area contributed by atoms with E-state index in [-0.39, 0.29) is 22.9 Å². The normalized spacial score (nSPS) is 13.7. The predicted molar refractivity (Wildman–Crippen MR) is 125 cm³/mol. The number of aromatic amines is 1. The molecule has 1 amide bonds. The molecule has 0 bridgehead atoms. The fourth-order valence-corrected chi connectivity index (χ4v) is 3.18. The highest BCUT2D eigenvalue weighted by Gasteiger charge is 2.18. The average Bonchev–Trinajstić information content (AvgIpc) is 2.83. The van der Waals surface area contributed by atoms with Crippen LogP contribution in [-0.4, -0.2) is 21.7 Å². The quantitative estimate of drug-likeness (QED) is 0.406. The average molecular weight is 477 g/mol. The Hall–Kier alpha value is -5.06. The molecular formula is C24H17F2N5O4. The fraction of sp³-hybridized carbons (Fsp3) is 0. The maximum absolute atomic E-state index is 14.7. The molecule has 3 aromatic rings. The lowest BCUT2D eigenvalue weighted by molar-refractivity contribution is 0.102. The van der Waals surface area contributed by atoms with Crippen LogP contribution in [0, 0.1) is 17.0 Å². The first-order valence-corrected chi connectivity index (χ1v) is 10.1. The lowest BCUT2D eigenvalue weighted by Crippen LogP contribution is -2.38. The third-order valence-electron chi connectivity index (χ3n) is 4.81. The summed E-state index contributed by atoms with van der Waals surface area (Å²) in [5.41, 5.74) is -1.62. The van der Waals surface area contributed by atoms with Crippen LogP contribution in [0.3, 0.4) is 0 Å². The number of ether oxygens (including phenoxy) is 1. The molecule has 35 heavy (non-hydrogen) atoms. The molecule has 9 nitrogen and oxygen atoms in total. The summed E-state index contributed by atoms with van der Waals surface area (Å²) in [5.74, 6) is -2.10. The van der Waals surface area contributed by atoms with Crippen molar-refractivity contribution in [3.8, 4) is 11.4 Å². The van der Waals surface area contributed by atoms with E-state index in [1.54, 1.807) is 18.4 Å². The number of hydrogen-bond donors (Lipinski definition) is 4. The summed E-state index contributed by atoms with van der Waals surface area (Å²) in [6, 6.07) is 8.24. The predicted octanol–water partition coefficient (Wildman–Crippen LogP) is 2.97. The summed E-state index contributed by atoms with van der Waals surface area (Å²) < 4.78 is 34.1. The van der Waals surface area contributed by atoms with Crippen molar-refractivity contribution < 1.29 is 18.3 Å². The molecule has 1 aromatic heterocycles. The summed E-state index contributed by atoms with van der Waals surface area (Å²) in [5, 5.41) is 12.5. The summed E-state index contributed by atoms with van der Waals surface area (Å²) in [4.78, 5) is 39.9. The van der Waals surface area contributed by atoms with Crippen LogP contribution in [-0.2, 0) is 0 Å². The van der Waals surface area contributed by atoms with Gasteiger partial charge >= 0.3 is 5.69 Å². The van der Waals surface area contributed by atoms with Gasteiger partial charge in [-0.2, -0.15) is 0 Å². The van der Waals surface area contributed by atoms with E-state index >= 15 is 0 Å². The van der Waals surface area contributed by atoms with E-state index < -0.39 is 34.4 Å². The second-order valence-electron chi connectivity index (χ2n) is 7.11. The van der Waals surface area contributed by atoms with E-state index in [1.807, 2.05) is 0 Å². The third kappa shape index (κ3) is 4.98. The summed E-state index contributed by atoms with van der Waals surface area (Å²) >= 11 is 0. The number of carbonyl (C=O) groups is 1. The number of nitrogens with one attached hydrogen (secondary N) is 4. The van der Waals surface area contributed by atoms with E-state index in [0.29, 0.717) is 10.3 Å². The van der Waals surface area contributed by atoms with Crippen LogP contribution in [0.15, 0.2) is 94.1 Å². The van der Waals surface area contributed by atoms with Crippen molar-refractivity contribution in [3.05, 3.63) is 123 Å². The second kappa shape index (κ2) is 9.83. The highest BCUT2D eigenvalue weighted by atomic mass is 19.1. The number of dihydropyridines is 1. The van der Waals surface area contributed by atoms with Gasteiger partial charge in [0.25, 0.3) is 11.5 Å². The van der Waals surface area contributed by atoms with Crippen LogP contribution in [0.2, 0.25) is 0 Å². The molecule has 0 fully saturated rings.